The van der Waals surface area contributed by atoms with E-state index in [0.29, 0.717) is 5.56 Å². The maximum absolute atomic E-state index is 10.8. The van der Waals surface area contributed by atoms with Crippen molar-refractivity contribution in [3.63, 3.8) is 0 Å². The Kier molecular flexibility index (Phi) is 2.61. The second-order valence-corrected chi connectivity index (χ2v) is 3.93. The van der Waals surface area contributed by atoms with Gasteiger partial charge in [0.2, 0.25) is 0 Å². The van der Waals surface area contributed by atoms with E-state index in [4.69, 9.17) is 11.6 Å². The highest BCUT2D eigenvalue weighted by molar-refractivity contribution is 7.13. The van der Waals surface area contributed by atoms with Gasteiger partial charge < -0.3 is 0 Å². The van der Waals surface area contributed by atoms with Gasteiger partial charge in [-0.05, 0) is 23.7 Å². The number of aromatic nitrogens is 1. The van der Waals surface area contributed by atoms with Crippen LogP contribution in [0.2, 0.25) is 0 Å². The molecule has 0 aliphatic rings. The smallest absolute Gasteiger partial charge is 0.252 e. The third-order valence-corrected chi connectivity index (χ3v) is 2.83. The molecule has 0 bridgehead atoms. The number of nitrogens with zero attached hydrogens (tertiary/aromatic N) is 1. The number of hydrogen-bond acceptors (Lipinski definition) is 3. The SMILES string of the molecule is O=C(Cl)c1ccc(-c2nccs2)cc1. The zero-order valence-electron chi connectivity index (χ0n) is 7.11. The van der Waals surface area contributed by atoms with E-state index in [-0.39, 0.29) is 0 Å². The average molecular weight is 224 g/mol. The maximum Gasteiger partial charge on any atom is 0.252 e. The topological polar surface area (TPSA) is 30.0 Å². The highest BCUT2D eigenvalue weighted by Crippen LogP contribution is 2.22. The number of benzene rings is 1. The minimum Gasteiger partial charge on any atom is -0.276 e. The van der Waals surface area contributed by atoms with Crippen LogP contribution < -0.4 is 0 Å². The summed E-state index contributed by atoms with van der Waals surface area (Å²) in [5.74, 6) is 0. The molecule has 0 spiro atoms. The first-order chi connectivity index (χ1) is 6.77. The molecule has 2 rings (SSSR count). The van der Waals surface area contributed by atoms with Crippen molar-refractivity contribution in [1.29, 1.82) is 0 Å². The van der Waals surface area contributed by atoms with Crippen molar-refractivity contribution >= 4 is 28.2 Å². The molecule has 0 saturated carbocycles. The molecular formula is C10H6ClNOS. The summed E-state index contributed by atoms with van der Waals surface area (Å²) in [5, 5.41) is 2.42. The Balaban J connectivity index is 2.36. The predicted molar refractivity (Wildman–Crippen MR) is 57.7 cm³/mol. The van der Waals surface area contributed by atoms with Crippen molar-refractivity contribution in [1.82, 2.24) is 4.98 Å². The molecule has 0 radical (unpaired) electrons. The number of rotatable bonds is 2. The van der Waals surface area contributed by atoms with E-state index in [1.807, 2.05) is 17.5 Å². The molecule has 0 aliphatic carbocycles. The van der Waals surface area contributed by atoms with Crippen LogP contribution in [0.15, 0.2) is 35.8 Å². The van der Waals surface area contributed by atoms with Gasteiger partial charge in [-0.25, -0.2) is 4.98 Å². The van der Waals surface area contributed by atoms with Gasteiger partial charge in [0.15, 0.2) is 0 Å². The molecule has 0 amide bonds. The zero-order valence-corrected chi connectivity index (χ0v) is 8.68. The van der Waals surface area contributed by atoms with Gasteiger partial charge in [0, 0.05) is 22.7 Å². The first kappa shape index (κ1) is 9.37. The number of carbonyl (C=O) groups excluding carboxylic acids is 1. The molecule has 0 N–H and O–H groups in total. The van der Waals surface area contributed by atoms with Crippen LogP contribution in [0.5, 0.6) is 0 Å². The standard InChI is InChI=1S/C10H6ClNOS/c11-9(13)7-1-3-8(4-2-7)10-12-5-6-14-10/h1-6H. The molecule has 1 heterocycles. The molecule has 0 atom stereocenters. The molecule has 2 nitrogen and oxygen atoms in total. The monoisotopic (exact) mass is 223 g/mol. The lowest BCUT2D eigenvalue weighted by Crippen LogP contribution is -1.87. The van der Waals surface area contributed by atoms with Crippen LogP contribution in [-0.2, 0) is 0 Å². The van der Waals surface area contributed by atoms with Crippen molar-refractivity contribution < 1.29 is 4.79 Å². The maximum atomic E-state index is 10.8. The lowest BCUT2D eigenvalue weighted by Gasteiger charge is -1.96. The Hall–Kier alpha value is -1.19. The lowest BCUT2D eigenvalue weighted by molar-refractivity contribution is 0.108. The predicted octanol–water partition coefficient (Wildman–Crippen LogP) is 3.19. The second kappa shape index (κ2) is 3.90. The molecule has 2 aromatic rings. The largest absolute Gasteiger partial charge is 0.276 e. The average Bonchev–Trinajstić information content (AvgIpc) is 2.71. The lowest BCUT2D eigenvalue weighted by atomic mass is 10.1. The summed E-state index contributed by atoms with van der Waals surface area (Å²) < 4.78 is 0. The van der Waals surface area contributed by atoms with E-state index in [1.54, 1.807) is 29.7 Å². The normalized spacial score (nSPS) is 10.1. The molecule has 0 fully saturated rings. The van der Waals surface area contributed by atoms with E-state index < -0.39 is 5.24 Å². The summed E-state index contributed by atoms with van der Waals surface area (Å²) in [5.41, 5.74) is 1.51. The van der Waals surface area contributed by atoms with Gasteiger partial charge in [0.1, 0.15) is 5.01 Å². The third kappa shape index (κ3) is 1.84. The van der Waals surface area contributed by atoms with Crippen LogP contribution in [0, 0.1) is 0 Å². The molecule has 1 aromatic heterocycles. The fourth-order valence-corrected chi connectivity index (χ4v) is 1.88. The molecule has 70 valence electrons. The number of halogens is 1. The Bertz CT molecular complexity index is 436. The van der Waals surface area contributed by atoms with Gasteiger partial charge in [-0.2, -0.15) is 0 Å². The van der Waals surface area contributed by atoms with Crippen molar-refractivity contribution in [3.8, 4) is 10.6 Å². The summed E-state index contributed by atoms with van der Waals surface area (Å²) in [7, 11) is 0. The van der Waals surface area contributed by atoms with E-state index in [9.17, 15) is 4.79 Å². The van der Waals surface area contributed by atoms with E-state index in [1.165, 1.54) is 0 Å². The molecule has 0 unspecified atom stereocenters. The Morgan fingerprint density at radius 3 is 2.50 bits per heavy atom. The van der Waals surface area contributed by atoms with E-state index in [0.717, 1.165) is 10.6 Å². The summed E-state index contributed by atoms with van der Waals surface area (Å²) in [6.07, 6.45) is 1.75. The van der Waals surface area contributed by atoms with E-state index in [2.05, 4.69) is 4.98 Å². The first-order valence-corrected chi connectivity index (χ1v) is 5.23. The van der Waals surface area contributed by atoms with Gasteiger partial charge in [-0.3, -0.25) is 4.79 Å². The second-order valence-electron chi connectivity index (χ2n) is 2.69. The Labute approximate surface area is 90.2 Å². The molecule has 0 aliphatic heterocycles. The highest BCUT2D eigenvalue weighted by atomic mass is 35.5. The number of hydrogen-bond donors (Lipinski definition) is 0. The molecule has 1 aromatic carbocycles. The number of carbonyl (C=O) groups is 1. The quantitative estimate of drug-likeness (QED) is 0.732. The van der Waals surface area contributed by atoms with Crippen LogP contribution in [-0.4, -0.2) is 10.2 Å². The minimum atomic E-state index is -0.435. The van der Waals surface area contributed by atoms with Crippen molar-refractivity contribution in [2.24, 2.45) is 0 Å². The van der Waals surface area contributed by atoms with Crippen LogP contribution in [0.3, 0.4) is 0 Å². The third-order valence-electron chi connectivity index (χ3n) is 1.79. The van der Waals surface area contributed by atoms with Gasteiger partial charge in [-0.1, -0.05) is 12.1 Å². The fourth-order valence-electron chi connectivity index (χ4n) is 1.11. The van der Waals surface area contributed by atoms with Crippen LogP contribution >= 0.6 is 22.9 Å². The summed E-state index contributed by atoms with van der Waals surface area (Å²) in [6.45, 7) is 0. The Morgan fingerprint density at radius 1 is 1.29 bits per heavy atom. The first-order valence-electron chi connectivity index (χ1n) is 3.97. The summed E-state index contributed by atoms with van der Waals surface area (Å²) in [6, 6.07) is 7.08. The summed E-state index contributed by atoms with van der Waals surface area (Å²) >= 11 is 6.89. The van der Waals surface area contributed by atoms with Gasteiger partial charge >= 0.3 is 0 Å². The number of thiazole rings is 1. The van der Waals surface area contributed by atoms with Gasteiger partial charge in [0.05, 0.1) is 0 Å². The molecule has 4 heteroatoms. The highest BCUT2D eigenvalue weighted by Gasteiger charge is 2.03. The Morgan fingerprint density at radius 2 is 2.00 bits per heavy atom. The minimum absolute atomic E-state index is 0.435. The summed E-state index contributed by atoms with van der Waals surface area (Å²) in [4.78, 5) is 15.0. The molecule has 14 heavy (non-hydrogen) atoms. The van der Waals surface area contributed by atoms with E-state index >= 15 is 0 Å². The van der Waals surface area contributed by atoms with Crippen LogP contribution in [0.1, 0.15) is 10.4 Å². The van der Waals surface area contributed by atoms with Crippen molar-refractivity contribution in [2.45, 2.75) is 0 Å². The molecule has 0 saturated heterocycles. The van der Waals surface area contributed by atoms with Gasteiger partial charge in [0.25, 0.3) is 5.24 Å². The van der Waals surface area contributed by atoms with Crippen molar-refractivity contribution in [2.75, 3.05) is 0 Å². The van der Waals surface area contributed by atoms with Crippen LogP contribution in [0.4, 0.5) is 0 Å². The fraction of sp³-hybridized carbons (Fsp3) is 0. The van der Waals surface area contributed by atoms with Crippen molar-refractivity contribution in [3.05, 3.63) is 41.4 Å². The van der Waals surface area contributed by atoms with Crippen LogP contribution in [0.25, 0.3) is 10.6 Å². The molecular weight excluding hydrogens is 218 g/mol. The van der Waals surface area contributed by atoms with Gasteiger partial charge in [-0.15, -0.1) is 11.3 Å². The zero-order chi connectivity index (χ0) is 9.97.